The van der Waals surface area contributed by atoms with Gasteiger partial charge in [-0.3, -0.25) is 4.57 Å². The fourth-order valence-corrected chi connectivity index (χ4v) is 8.48. The van der Waals surface area contributed by atoms with Crippen LogP contribution >= 0.6 is 0 Å². The SMILES string of the molecule is Cc1cc(-c2ccc(C)c3c2nc(-c2cccc4c2[n-]c2ccccc24)n3-c2ccccc2)[c-]c2c1c1ccc(-c3ccccc3)cc1n2-c1ccccn1.[Pt+2]. The number of para-hydroxylation sites is 3. The number of fused-ring (bicyclic) bond motifs is 7. The second-order valence-corrected chi connectivity index (χ2v) is 14.3. The quantitative estimate of drug-likeness (QED) is 0.162. The van der Waals surface area contributed by atoms with Crippen LogP contribution in [0.4, 0.5) is 0 Å². The van der Waals surface area contributed by atoms with Crippen molar-refractivity contribution in [1.29, 1.82) is 0 Å². The summed E-state index contributed by atoms with van der Waals surface area (Å²) in [4.78, 5) is 15.6. The third kappa shape index (κ3) is 5.19. The molecule has 11 rings (SSSR count). The maximum atomic E-state index is 5.58. The summed E-state index contributed by atoms with van der Waals surface area (Å²) in [5.41, 5.74) is 14.7. The third-order valence-corrected chi connectivity index (χ3v) is 11.0. The number of aromatic nitrogens is 5. The number of hydrogen-bond acceptors (Lipinski definition) is 2. The summed E-state index contributed by atoms with van der Waals surface area (Å²) in [7, 11) is 0. The molecule has 0 amide bonds. The van der Waals surface area contributed by atoms with E-state index >= 15 is 0 Å². The molecule has 0 aliphatic heterocycles. The number of rotatable bonds is 5. The van der Waals surface area contributed by atoms with Crippen LogP contribution in [0.1, 0.15) is 11.1 Å². The van der Waals surface area contributed by atoms with Crippen LogP contribution in [0, 0.1) is 19.9 Å². The maximum Gasteiger partial charge on any atom is 2.00 e. The van der Waals surface area contributed by atoms with Crippen molar-refractivity contribution in [2.75, 3.05) is 0 Å². The van der Waals surface area contributed by atoms with Gasteiger partial charge in [-0.25, -0.2) is 9.97 Å². The number of hydrogen-bond donors (Lipinski definition) is 0. The van der Waals surface area contributed by atoms with Crippen LogP contribution in [-0.2, 0) is 21.1 Å². The zero-order chi connectivity index (χ0) is 36.6. The van der Waals surface area contributed by atoms with Crippen LogP contribution in [0.5, 0.6) is 0 Å². The Morgan fingerprint density at radius 1 is 0.589 bits per heavy atom. The van der Waals surface area contributed by atoms with Gasteiger partial charge in [0.1, 0.15) is 11.6 Å². The van der Waals surface area contributed by atoms with Gasteiger partial charge in [0.25, 0.3) is 0 Å². The smallest absolute Gasteiger partial charge is 0.656 e. The molecule has 0 radical (unpaired) electrons. The Bertz CT molecular complexity index is 3270. The molecule has 11 aromatic rings. The number of nitrogens with zero attached hydrogens (tertiary/aromatic N) is 5. The molecule has 0 fully saturated rings. The molecule has 0 saturated heterocycles. The molecule has 7 aromatic carbocycles. The minimum Gasteiger partial charge on any atom is -0.656 e. The van der Waals surface area contributed by atoms with Gasteiger partial charge in [0.15, 0.2) is 0 Å². The predicted octanol–water partition coefficient (Wildman–Crippen LogP) is 12.2. The van der Waals surface area contributed by atoms with E-state index in [0.717, 1.165) is 89.0 Å². The molecule has 0 aliphatic carbocycles. The molecule has 0 spiro atoms. The van der Waals surface area contributed by atoms with Gasteiger partial charge in [-0.05, 0) is 75.6 Å². The Hall–Kier alpha value is -6.55. The molecule has 0 bridgehead atoms. The third-order valence-electron chi connectivity index (χ3n) is 11.0. The van der Waals surface area contributed by atoms with Gasteiger partial charge < -0.3 is 9.55 Å². The molecule has 6 heteroatoms. The standard InChI is InChI=1S/C50H33N5.Pt/c1-31-23-25-37(48-49(31)54(36-16-7-4-8-17-36)50(53-48)41-20-13-19-39-38-18-9-10-21-42(38)52-47(39)41)35-28-32(2)46-40-26-24-34(33-14-5-3-6-15-33)29-43(40)55(44(46)30-35)45-22-11-12-27-51-45;/h3-29H,1-2H3;/q-2;+2. The van der Waals surface area contributed by atoms with Crippen molar-refractivity contribution in [3.63, 3.8) is 0 Å². The van der Waals surface area contributed by atoms with Gasteiger partial charge in [-0.2, -0.15) is 0 Å². The Balaban J connectivity index is 0.00000384. The molecule has 56 heavy (non-hydrogen) atoms. The monoisotopic (exact) mass is 898 g/mol. The molecule has 0 N–H and O–H groups in total. The largest absolute Gasteiger partial charge is 2.00 e. The summed E-state index contributed by atoms with van der Waals surface area (Å²) >= 11 is 0. The molecular formula is C50H33N5Pt. The van der Waals surface area contributed by atoms with Crippen LogP contribution in [0.3, 0.4) is 0 Å². The van der Waals surface area contributed by atoms with Crippen molar-refractivity contribution in [2.45, 2.75) is 13.8 Å². The zero-order valence-electron chi connectivity index (χ0n) is 30.6. The number of imidazole rings is 1. The topological polar surface area (TPSA) is 49.7 Å². The van der Waals surface area contributed by atoms with E-state index in [1.165, 1.54) is 21.9 Å². The average Bonchev–Trinajstić information content (AvgIpc) is 3.92. The summed E-state index contributed by atoms with van der Waals surface area (Å²) in [5.74, 6) is 1.71. The van der Waals surface area contributed by atoms with E-state index in [1.807, 2.05) is 24.4 Å². The van der Waals surface area contributed by atoms with Crippen molar-refractivity contribution >= 4 is 54.6 Å². The van der Waals surface area contributed by atoms with Gasteiger partial charge in [-0.1, -0.05) is 139 Å². The fraction of sp³-hybridized carbons (Fsp3) is 0.0400. The van der Waals surface area contributed by atoms with E-state index in [2.05, 4.69) is 169 Å². The summed E-state index contributed by atoms with van der Waals surface area (Å²) in [6.45, 7) is 4.38. The van der Waals surface area contributed by atoms with E-state index in [9.17, 15) is 0 Å². The van der Waals surface area contributed by atoms with Gasteiger partial charge in [0, 0.05) is 23.0 Å². The van der Waals surface area contributed by atoms with Crippen LogP contribution in [0.2, 0.25) is 0 Å². The molecule has 5 nitrogen and oxygen atoms in total. The predicted molar refractivity (Wildman–Crippen MR) is 226 cm³/mol. The minimum atomic E-state index is 0. The van der Waals surface area contributed by atoms with Crippen LogP contribution in [-0.4, -0.2) is 19.1 Å². The van der Waals surface area contributed by atoms with Gasteiger partial charge >= 0.3 is 21.1 Å². The number of benzene rings is 7. The first-order valence-corrected chi connectivity index (χ1v) is 18.6. The minimum absolute atomic E-state index is 0. The van der Waals surface area contributed by atoms with Crippen molar-refractivity contribution < 1.29 is 21.1 Å². The number of pyridine rings is 1. The average molecular weight is 899 g/mol. The first-order valence-electron chi connectivity index (χ1n) is 18.6. The molecular weight excluding hydrogens is 866 g/mol. The van der Waals surface area contributed by atoms with Crippen LogP contribution in [0.25, 0.3) is 99.8 Å². The Morgan fingerprint density at radius 3 is 2.18 bits per heavy atom. The Morgan fingerprint density at radius 2 is 1.36 bits per heavy atom. The van der Waals surface area contributed by atoms with E-state index in [0.29, 0.717) is 0 Å². The Labute approximate surface area is 338 Å². The van der Waals surface area contributed by atoms with E-state index in [4.69, 9.17) is 15.0 Å². The summed E-state index contributed by atoms with van der Waals surface area (Å²) in [5, 5.41) is 4.62. The van der Waals surface area contributed by atoms with Crippen molar-refractivity contribution in [3.8, 4) is 45.1 Å². The van der Waals surface area contributed by atoms with E-state index < -0.39 is 0 Å². The van der Waals surface area contributed by atoms with Gasteiger partial charge in [-0.15, -0.1) is 34.3 Å². The van der Waals surface area contributed by atoms with Crippen molar-refractivity contribution in [2.24, 2.45) is 0 Å². The van der Waals surface area contributed by atoms with E-state index in [1.54, 1.807) is 0 Å². The molecule has 0 saturated carbocycles. The molecule has 4 aromatic heterocycles. The van der Waals surface area contributed by atoms with Crippen molar-refractivity contribution in [1.82, 2.24) is 24.1 Å². The summed E-state index contributed by atoms with van der Waals surface area (Å²) in [6, 6.07) is 59.4. The summed E-state index contributed by atoms with van der Waals surface area (Å²) in [6.07, 6.45) is 1.86. The fourth-order valence-electron chi connectivity index (χ4n) is 8.48. The first kappa shape index (κ1) is 34.0. The second kappa shape index (κ2) is 13.3. The summed E-state index contributed by atoms with van der Waals surface area (Å²) < 4.78 is 4.57. The molecule has 268 valence electrons. The van der Waals surface area contributed by atoms with E-state index in [-0.39, 0.29) is 21.1 Å². The van der Waals surface area contributed by atoms with Crippen molar-refractivity contribution in [3.05, 3.63) is 181 Å². The van der Waals surface area contributed by atoms with Gasteiger partial charge in [0.05, 0.1) is 11.0 Å². The number of aryl methyl sites for hydroxylation is 2. The van der Waals surface area contributed by atoms with Crippen LogP contribution < -0.4 is 4.98 Å². The molecule has 0 unspecified atom stereocenters. The second-order valence-electron chi connectivity index (χ2n) is 14.3. The molecule has 0 atom stereocenters. The first-order chi connectivity index (χ1) is 27.1. The Kier molecular flexibility index (Phi) is 8.09. The van der Waals surface area contributed by atoms with Gasteiger partial charge in [0.2, 0.25) is 0 Å². The maximum absolute atomic E-state index is 5.58. The molecule has 4 heterocycles. The zero-order valence-corrected chi connectivity index (χ0v) is 32.9. The molecule has 0 aliphatic rings. The normalized spacial score (nSPS) is 11.6. The van der Waals surface area contributed by atoms with Crippen LogP contribution in [0.15, 0.2) is 164 Å².